The van der Waals surface area contributed by atoms with Gasteiger partial charge in [0.2, 0.25) is 0 Å². The fourth-order valence-electron chi connectivity index (χ4n) is 1.20. The summed E-state index contributed by atoms with van der Waals surface area (Å²) in [4.78, 5) is 0.798. The molecule has 1 atom stereocenters. The van der Waals surface area contributed by atoms with Crippen LogP contribution in [0.5, 0.6) is 0 Å². The van der Waals surface area contributed by atoms with E-state index in [1.165, 1.54) is 0 Å². The fraction of sp³-hybridized carbons (Fsp3) is 0.455. The van der Waals surface area contributed by atoms with Gasteiger partial charge in [-0.3, -0.25) is 4.21 Å². The zero-order chi connectivity index (χ0) is 11.1. The quantitative estimate of drug-likeness (QED) is 0.756. The normalized spacial score (nSPS) is 13.0. The van der Waals surface area contributed by atoms with E-state index in [1.807, 2.05) is 30.3 Å². The van der Waals surface area contributed by atoms with Gasteiger partial charge in [0, 0.05) is 29.8 Å². The molecule has 0 bridgehead atoms. The smallest absolute Gasteiger partial charge is 0.0529 e. The topological polar surface area (TPSA) is 57.5 Å². The molecule has 0 saturated carbocycles. The summed E-state index contributed by atoms with van der Waals surface area (Å²) < 4.78 is 11.7. The van der Waals surface area contributed by atoms with Gasteiger partial charge < -0.3 is 10.2 Å². The Hall–Kier alpha value is -0.710. The van der Waals surface area contributed by atoms with Crippen LogP contribution in [0.3, 0.4) is 0 Å². The predicted molar refractivity (Wildman–Crippen MR) is 60.0 cm³/mol. The highest BCUT2D eigenvalue weighted by atomic mass is 32.2. The summed E-state index contributed by atoms with van der Waals surface area (Å²) in [6.07, 6.45) is 0.578. The van der Waals surface area contributed by atoms with Crippen molar-refractivity contribution in [3.8, 4) is 0 Å². The van der Waals surface area contributed by atoms with Crippen LogP contribution in [0.25, 0.3) is 0 Å². The minimum atomic E-state index is -1.03. The molecule has 1 aromatic carbocycles. The molecule has 1 unspecified atom stereocenters. The van der Waals surface area contributed by atoms with E-state index < -0.39 is 10.8 Å². The molecule has 2 N–H and O–H groups in total. The van der Waals surface area contributed by atoms with Crippen molar-refractivity contribution in [1.29, 1.82) is 0 Å². The van der Waals surface area contributed by atoms with Crippen LogP contribution in [-0.2, 0) is 10.8 Å². The van der Waals surface area contributed by atoms with Crippen LogP contribution in [0, 0.1) is 5.92 Å². The van der Waals surface area contributed by atoms with Crippen molar-refractivity contribution in [2.75, 3.05) is 19.0 Å². The third-order valence-electron chi connectivity index (χ3n) is 2.23. The van der Waals surface area contributed by atoms with E-state index in [0.29, 0.717) is 12.2 Å². The van der Waals surface area contributed by atoms with Crippen LogP contribution in [0.1, 0.15) is 6.42 Å². The number of aliphatic hydroxyl groups is 2. The number of aliphatic hydroxyl groups excluding tert-OH is 2. The predicted octanol–water partition coefficient (Wildman–Crippen LogP) is 0.785. The number of hydrogen-bond acceptors (Lipinski definition) is 3. The second kappa shape index (κ2) is 6.71. The first-order valence-electron chi connectivity index (χ1n) is 4.93. The van der Waals surface area contributed by atoms with Crippen molar-refractivity contribution >= 4 is 10.8 Å². The standard InChI is InChI=1S/C11H16O3S/c12-8-10(9-13)6-7-15(14)11-4-2-1-3-5-11/h1-5,10,12-13H,6-9H2. The molecule has 0 fully saturated rings. The monoisotopic (exact) mass is 228 g/mol. The summed E-state index contributed by atoms with van der Waals surface area (Å²) in [5.74, 6) is 0.327. The first-order chi connectivity index (χ1) is 7.27. The fourth-order valence-corrected chi connectivity index (χ4v) is 2.45. The second-order valence-corrected chi connectivity index (χ2v) is 4.95. The van der Waals surface area contributed by atoms with Gasteiger partial charge in [-0.1, -0.05) is 18.2 Å². The third-order valence-corrected chi connectivity index (χ3v) is 3.64. The van der Waals surface area contributed by atoms with E-state index in [9.17, 15) is 4.21 Å². The Morgan fingerprint density at radius 1 is 1.13 bits per heavy atom. The summed E-state index contributed by atoms with van der Waals surface area (Å²) in [5, 5.41) is 17.7. The molecule has 0 aromatic heterocycles. The van der Waals surface area contributed by atoms with Crippen LogP contribution in [0.15, 0.2) is 35.2 Å². The molecule has 84 valence electrons. The average molecular weight is 228 g/mol. The molecule has 15 heavy (non-hydrogen) atoms. The summed E-state index contributed by atoms with van der Waals surface area (Å²) in [6, 6.07) is 9.22. The maximum absolute atomic E-state index is 11.7. The lowest BCUT2D eigenvalue weighted by atomic mass is 10.1. The highest BCUT2D eigenvalue weighted by Gasteiger charge is 2.09. The minimum absolute atomic E-state index is 0.0531. The van der Waals surface area contributed by atoms with E-state index in [0.717, 1.165) is 4.90 Å². The molecule has 0 heterocycles. The Kier molecular flexibility index (Phi) is 5.53. The molecule has 1 rings (SSSR count). The second-order valence-electron chi connectivity index (χ2n) is 3.38. The first-order valence-corrected chi connectivity index (χ1v) is 6.25. The zero-order valence-corrected chi connectivity index (χ0v) is 9.32. The van der Waals surface area contributed by atoms with Crippen LogP contribution < -0.4 is 0 Å². The summed E-state index contributed by atoms with van der Waals surface area (Å²) in [6.45, 7) is -0.106. The van der Waals surface area contributed by atoms with Gasteiger partial charge in [-0.2, -0.15) is 0 Å². The zero-order valence-electron chi connectivity index (χ0n) is 8.50. The summed E-state index contributed by atoms with van der Waals surface area (Å²) in [5.41, 5.74) is 0. The van der Waals surface area contributed by atoms with Gasteiger partial charge in [0.05, 0.1) is 10.8 Å². The molecule has 3 nitrogen and oxygen atoms in total. The lowest BCUT2D eigenvalue weighted by Gasteiger charge is -2.09. The maximum atomic E-state index is 11.7. The molecule has 1 aromatic rings. The molecule has 0 aliphatic rings. The molecular formula is C11H16O3S. The Morgan fingerprint density at radius 2 is 1.73 bits per heavy atom. The Balaban J connectivity index is 2.43. The largest absolute Gasteiger partial charge is 0.396 e. The minimum Gasteiger partial charge on any atom is -0.396 e. The Bertz CT molecular complexity index is 296. The van der Waals surface area contributed by atoms with Crippen molar-refractivity contribution in [3.63, 3.8) is 0 Å². The van der Waals surface area contributed by atoms with E-state index in [1.54, 1.807) is 0 Å². The lowest BCUT2D eigenvalue weighted by molar-refractivity contribution is 0.148. The maximum Gasteiger partial charge on any atom is 0.0529 e. The first kappa shape index (κ1) is 12.4. The van der Waals surface area contributed by atoms with Crippen molar-refractivity contribution < 1.29 is 14.4 Å². The molecule has 0 aliphatic heterocycles. The van der Waals surface area contributed by atoms with Gasteiger partial charge >= 0.3 is 0 Å². The van der Waals surface area contributed by atoms with Gasteiger partial charge in [0.15, 0.2) is 0 Å². The van der Waals surface area contributed by atoms with Gasteiger partial charge in [-0.05, 0) is 18.6 Å². The molecule has 0 spiro atoms. The molecule has 0 saturated heterocycles. The highest BCUT2D eigenvalue weighted by Crippen LogP contribution is 2.09. The number of hydrogen-bond donors (Lipinski definition) is 2. The SMILES string of the molecule is O=S(CCC(CO)CO)c1ccccc1. The van der Waals surface area contributed by atoms with E-state index >= 15 is 0 Å². The molecule has 0 aliphatic carbocycles. The summed E-state index contributed by atoms with van der Waals surface area (Å²) in [7, 11) is -1.03. The Labute approximate surface area is 92.2 Å². The van der Waals surface area contributed by atoms with Gasteiger partial charge in [-0.25, -0.2) is 0 Å². The van der Waals surface area contributed by atoms with E-state index in [2.05, 4.69) is 0 Å². The van der Waals surface area contributed by atoms with Gasteiger partial charge in [0.25, 0.3) is 0 Å². The van der Waals surface area contributed by atoms with E-state index in [-0.39, 0.29) is 19.1 Å². The van der Waals surface area contributed by atoms with Crippen LogP contribution in [0.2, 0.25) is 0 Å². The third kappa shape index (κ3) is 4.11. The highest BCUT2D eigenvalue weighted by molar-refractivity contribution is 7.85. The van der Waals surface area contributed by atoms with Crippen LogP contribution >= 0.6 is 0 Å². The molecular weight excluding hydrogens is 212 g/mol. The molecule has 0 amide bonds. The molecule has 4 heteroatoms. The van der Waals surface area contributed by atoms with Crippen LogP contribution in [0.4, 0.5) is 0 Å². The molecule has 0 radical (unpaired) electrons. The van der Waals surface area contributed by atoms with Crippen molar-refractivity contribution in [2.45, 2.75) is 11.3 Å². The average Bonchev–Trinajstić information content (AvgIpc) is 2.31. The van der Waals surface area contributed by atoms with E-state index in [4.69, 9.17) is 10.2 Å². The van der Waals surface area contributed by atoms with Crippen molar-refractivity contribution in [1.82, 2.24) is 0 Å². The Morgan fingerprint density at radius 3 is 2.27 bits per heavy atom. The summed E-state index contributed by atoms with van der Waals surface area (Å²) >= 11 is 0. The van der Waals surface area contributed by atoms with Gasteiger partial charge in [-0.15, -0.1) is 0 Å². The number of benzene rings is 1. The number of rotatable bonds is 6. The van der Waals surface area contributed by atoms with Gasteiger partial charge in [0.1, 0.15) is 0 Å². The lowest BCUT2D eigenvalue weighted by Crippen LogP contribution is -2.14. The van der Waals surface area contributed by atoms with Crippen molar-refractivity contribution in [2.24, 2.45) is 5.92 Å². The van der Waals surface area contributed by atoms with Crippen molar-refractivity contribution in [3.05, 3.63) is 30.3 Å². The van der Waals surface area contributed by atoms with Crippen LogP contribution in [-0.4, -0.2) is 33.4 Å².